The first-order valence-corrected chi connectivity index (χ1v) is 9.52. The van der Waals surface area contributed by atoms with Crippen LogP contribution >= 0.6 is 0 Å². The highest BCUT2D eigenvalue weighted by Gasteiger charge is 2.15. The maximum absolute atomic E-state index is 9.52. The molecule has 0 aliphatic rings. The third-order valence-corrected chi connectivity index (χ3v) is 5.50. The zero-order valence-corrected chi connectivity index (χ0v) is 15.4. The summed E-state index contributed by atoms with van der Waals surface area (Å²) in [6.07, 6.45) is 0. The van der Waals surface area contributed by atoms with E-state index in [2.05, 4.69) is 59.9 Å². The molecule has 0 spiro atoms. The van der Waals surface area contributed by atoms with Gasteiger partial charge in [0.15, 0.2) is 0 Å². The van der Waals surface area contributed by atoms with E-state index in [0.717, 1.165) is 5.56 Å². The molecule has 0 aromatic heterocycles. The second kappa shape index (κ2) is 6.91. The fourth-order valence-corrected chi connectivity index (χ4v) is 4.21. The van der Waals surface area contributed by atoms with E-state index < -0.39 is 7.12 Å². The molecule has 3 nitrogen and oxygen atoms in total. The van der Waals surface area contributed by atoms with E-state index in [0.29, 0.717) is 18.6 Å². The maximum atomic E-state index is 9.52. The molecule has 0 aliphatic heterocycles. The molecule has 4 heteroatoms. The Balaban J connectivity index is 1.46. The van der Waals surface area contributed by atoms with Crippen molar-refractivity contribution in [2.75, 3.05) is 0 Å². The molecule has 0 atom stereocenters. The van der Waals surface area contributed by atoms with Crippen LogP contribution in [-0.2, 0) is 13.1 Å². The molecule has 3 N–H and O–H groups in total. The van der Waals surface area contributed by atoms with Gasteiger partial charge in [0.1, 0.15) is 0 Å². The predicted molar refractivity (Wildman–Crippen MR) is 117 cm³/mol. The quantitative estimate of drug-likeness (QED) is 0.330. The smallest absolute Gasteiger partial charge is 0.423 e. The van der Waals surface area contributed by atoms with Crippen molar-refractivity contribution in [3.63, 3.8) is 0 Å². The Hall–Kier alpha value is -2.92. The maximum Gasteiger partial charge on any atom is 0.488 e. The SMILES string of the molecule is OB(O)c1ccccc1CNCc1cc2ccc3cccc4ccc(c1)c2c34. The van der Waals surface area contributed by atoms with Gasteiger partial charge in [-0.25, -0.2) is 0 Å². The minimum Gasteiger partial charge on any atom is -0.423 e. The molecule has 5 rings (SSSR count). The Morgan fingerprint density at radius 2 is 1.25 bits per heavy atom. The van der Waals surface area contributed by atoms with E-state index in [-0.39, 0.29) is 0 Å². The van der Waals surface area contributed by atoms with Gasteiger partial charge in [-0.1, -0.05) is 66.7 Å². The summed E-state index contributed by atoms with van der Waals surface area (Å²) < 4.78 is 0. The van der Waals surface area contributed by atoms with Crippen molar-refractivity contribution in [1.82, 2.24) is 5.32 Å². The van der Waals surface area contributed by atoms with E-state index in [1.165, 1.54) is 37.9 Å². The van der Waals surface area contributed by atoms with Crippen molar-refractivity contribution >= 4 is 44.9 Å². The molecule has 0 saturated carbocycles. The van der Waals surface area contributed by atoms with Gasteiger partial charge in [0.2, 0.25) is 0 Å². The van der Waals surface area contributed by atoms with E-state index in [9.17, 15) is 10.0 Å². The fraction of sp³-hybridized carbons (Fsp3) is 0.0833. The zero-order chi connectivity index (χ0) is 19.1. The molecule has 136 valence electrons. The van der Waals surface area contributed by atoms with Gasteiger partial charge < -0.3 is 15.4 Å². The molecule has 0 aliphatic carbocycles. The summed E-state index contributed by atoms with van der Waals surface area (Å²) in [4.78, 5) is 0. The van der Waals surface area contributed by atoms with Gasteiger partial charge in [0.05, 0.1) is 0 Å². The average Bonchev–Trinajstić information content (AvgIpc) is 2.72. The Morgan fingerprint density at radius 3 is 1.93 bits per heavy atom. The van der Waals surface area contributed by atoms with Crippen LogP contribution in [0.15, 0.2) is 78.9 Å². The largest absolute Gasteiger partial charge is 0.488 e. The Kier molecular flexibility index (Phi) is 4.25. The molecule has 0 radical (unpaired) electrons. The number of nitrogens with one attached hydrogen (secondary N) is 1. The number of hydrogen-bond acceptors (Lipinski definition) is 3. The minimum absolute atomic E-state index is 0.547. The van der Waals surface area contributed by atoms with Crippen LogP contribution in [0.5, 0.6) is 0 Å². The molecule has 0 amide bonds. The highest BCUT2D eigenvalue weighted by Crippen LogP contribution is 2.35. The summed E-state index contributed by atoms with van der Waals surface area (Å²) in [5.41, 5.74) is 2.66. The van der Waals surface area contributed by atoms with Crippen LogP contribution in [0.25, 0.3) is 32.3 Å². The third kappa shape index (κ3) is 2.92. The topological polar surface area (TPSA) is 52.5 Å². The van der Waals surface area contributed by atoms with Crippen LogP contribution < -0.4 is 10.8 Å². The predicted octanol–water partition coefficient (Wildman–Crippen LogP) is 3.55. The number of benzene rings is 5. The minimum atomic E-state index is -1.45. The van der Waals surface area contributed by atoms with E-state index >= 15 is 0 Å². The Labute approximate surface area is 163 Å². The van der Waals surface area contributed by atoms with Gasteiger partial charge >= 0.3 is 7.12 Å². The lowest BCUT2D eigenvalue weighted by atomic mass is 9.77. The van der Waals surface area contributed by atoms with Crippen molar-refractivity contribution in [2.45, 2.75) is 13.1 Å². The molecule has 0 unspecified atom stereocenters. The molecular formula is C24H20BNO2. The van der Waals surface area contributed by atoms with Gasteiger partial charge in [-0.05, 0) is 61.0 Å². The van der Waals surface area contributed by atoms with Crippen LogP contribution in [-0.4, -0.2) is 17.2 Å². The van der Waals surface area contributed by atoms with Crippen molar-refractivity contribution < 1.29 is 10.0 Å². The van der Waals surface area contributed by atoms with Crippen molar-refractivity contribution in [3.8, 4) is 0 Å². The first-order chi connectivity index (χ1) is 13.7. The monoisotopic (exact) mass is 365 g/mol. The van der Waals surface area contributed by atoms with Crippen LogP contribution in [0.3, 0.4) is 0 Å². The van der Waals surface area contributed by atoms with Crippen molar-refractivity contribution in [2.24, 2.45) is 0 Å². The summed E-state index contributed by atoms with van der Waals surface area (Å²) >= 11 is 0. The summed E-state index contributed by atoms with van der Waals surface area (Å²) in [5, 5.41) is 30.2. The molecular weight excluding hydrogens is 345 g/mol. The average molecular weight is 365 g/mol. The second-order valence-electron chi connectivity index (χ2n) is 7.30. The van der Waals surface area contributed by atoms with Gasteiger partial charge in [-0.2, -0.15) is 0 Å². The van der Waals surface area contributed by atoms with Gasteiger partial charge in [-0.15, -0.1) is 0 Å². The molecule has 0 fully saturated rings. The molecule has 28 heavy (non-hydrogen) atoms. The lowest BCUT2D eigenvalue weighted by molar-refractivity contribution is 0.425. The summed E-state index contributed by atoms with van der Waals surface area (Å²) in [5.74, 6) is 0. The highest BCUT2D eigenvalue weighted by molar-refractivity contribution is 6.59. The van der Waals surface area contributed by atoms with E-state index in [4.69, 9.17) is 0 Å². The van der Waals surface area contributed by atoms with Crippen LogP contribution in [0.2, 0.25) is 0 Å². The lowest BCUT2D eigenvalue weighted by Crippen LogP contribution is -2.34. The van der Waals surface area contributed by atoms with Crippen LogP contribution in [0.4, 0.5) is 0 Å². The molecule has 0 bridgehead atoms. The molecule has 0 heterocycles. The normalized spacial score (nSPS) is 11.6. The molecule has 0 saturated heterocycles. The van der Waals surface area contributed by atoms with Crippen molar-refractivity contribution in [3.05, 3.63) is 90.0 Å². The zero-order valence-electron chi connectivity index (χ0n) is 15.4. The van der Waals surface area contributed by atoms with Crippen LogP contribution in [0.1, 0.15) is 11.1 Å². The molecule has 5 aromatic carbocycles. The highest BCUT2D eigenvalue weighted by atomic mass is 16.4. The van der Waals surface area contributed by atoms with Gasteiger partial charge in [0, 0.05) is 13.1 Å². The first kappa shape index (κ1) is 17.2. The standard InChI is InChI=1S/C24H20BNO2/c27-25(28)22-7-2-1-4-21(22)15-26-14-16-12-19-10-8-17-5-3-6-18-9-11-20(13-16)24(19)23(17)18/h1-13,26-28H,14-15H2. The third-order valence-electron chi connectivity index (χ3n) is 5.50. The van der Waals surface area contributed by atoms with Crippen molar-refractivity contribution in [1.29, 1.82) is 0 Å². The second-order valence-corrected chi connectivity index (χ2v) is 7.30. The summed E-state index contributed by atoms with van der Waals surface area (Å²) in [6, 6.07) is 27.1. The fourth-order valence-electron chi connectivity index (χ4n) is 4.21. The number of hydrogen-bond donors (Lipinski definition) is 3. The summed E-state index contributed by atoms with van der Waals surface area (Å²) in [6.45, 7) is 1.30. The van der Waals surface area contributed by atoms with E-state index in [1.807, 2.05) is 18.2 Å². The first-order valence-electron chi connectivity index (χ1n) is 9.52. The Bertz CT molecular complexity index is 1220. The number of rotatable bonds is 5. The molecule has 5 aromatic rings. The van der Waals surface area contributed by atoms with Crippen LogP contribution in [0, 0.1) is 0 Å². The lowest BCUT2D eigenvalue weighted by Gasteiger charge is -2.13. The van der Waals surface area contributed by atoms with Gasteiger partial charge in [-0.3, -0.25) is 0 Å². The summed E-state index contributed by atoms with van der Waals surface area (Å²) in [7, 11) is -1.45. The van der Waals surface area contributed by atoms with Gasteiger partial charge in [0.25, 0.3) is 0 Å². The Morgan fingerprint density at radius 1 is 0.643 bits per heavy atom. The van der Waals surface area contributed by atoms with E-state index in [1.54, 1.807) is 6.07 Å².